The summed E-state index contributed by atoms with van der Waals surface area (Å²) in [5, 5.41) is 7.24. The van der Waals surface area contributed by atoms with Crippen LogP contribution in [0.4, 0.5) is 5.82 Å². The van der Waals surface area contributed by atoms with Crippen LogP contribution in [0.2, 0.25) is 0 Å². The second-order valence-corrected chi connectivity index (χ2v) is 3.94. The number of hydrogen-bond donors (Lipinski definition) is 1. The summed E-state index contributed by atoms with van der Waals surface area (Å²) in [7, 11) is 1.87. The third kappa shape index (κ3) is 1.64. The molecule has 0 amide bonds. The largest absolute Gasteiger partial charge is 0.373 e. The Morgan fingerprint density at radius 3 is 2.88 bits per heavy atom. The second kappa shape index (κ2) is 3.59. The molecule has 0 aromatic carbocycles. The van der Waals surface area contributed by atoms with E-state index < -0.39 is 0 Å². The van der Waals surface area contributed by atoms with Gasteiger partial charge in [-0.05, 0) is 18.9 Å². The summed E-state index contributed by atoms with van der Waals surface area (Å²) >= 11 is 0. The van der Waals surface area contributed by atoms with E-state index in [1.54, 1.807) is 10.9 Å². The van der Waals surface area contributed by atoms with Gasteiger partial charge in [0.1, 0.15) is 11.6 Å². The third-order valence-electron chi connectivity index (χ3n) is 2.67. The zero-order valence-electron chi connectivity index (χ0n) is 9.09. The number of nitrogens with one attached hydrogen (secondary N) is 1. The predicted molar refractivity (Wildman–Crippen MR) is 60.7 cm³/mol. The minimum atomic E-state index is 0.544. The lowest BCUT2D eigenvalue weighted by Gasteiger charge is -2.06. The van der Waals surface area contributed by atoms with Gasteiger partial charge in [-0.25, -0.2) is 14.6 Å². The van der Waals surface area contributed by atoms with Gasteiger partial charge in [0, 0.05) is 31.4 Å². The summed E-state index contributed by atoms with van der Waals surface area (Å²) in [4.78, 5) is 9.00. The van der Waals surface area contributed by atoms with Crippen LogP contribution in [0, 0.1) is 0 Å². The molecule has 1 N–H and O–H groups in total. The SMILES string of the molecule is CNc1cc(-n2cccn2)nc(C2CC2)n1. The molecule has 2 heterocycles. The third-order valence-corrected chi connectivity index (χ3v) is 2.67. The van der Waals surface area contributed by atoms with Crippen molar-refractivity contribution >= 4 is 5.82 Å². The first-order valence-electron chi connectivity index (χ1n) is 5.43. The number of hydrogen-bond acceptors (Lipinski definition) is 4. The van der Waals surface area contributed by atoms with E-state index in [0.717, 1.165) is 17.5 Å². The first-order chi connectivity index (χ1) is 7.86. The van der Waals surface area contributed by atoms with Crippen molar-refractivity contribution in [2.75, 3.05) is 12.4 Å². The number of nitrogens with zero attached hydrogens (tertiary/aromatic N) is 4. The van der Waals surface area contributed by atoms with Crippen LogP contribution in [0.25, 0.3) is 5.82 Å². The molecule has 5 heteroatoms. The molecule has 1 saturated carbocycles. The molecule has 0 spiro atoms. The summed E-state index contributed by atoms with van der Waals surface area (Å²) in [6, 6.07) is 3.79. The van der Waals surface area contributed by atoms with Gasteiger partial charge in [-0.2, -0.15) is 5.10 Å². The Balaban J connectivity index is 2.06. The molecular formula is C11H13N5. The van der Waals surface area contributed by atoms with Gasteiger partial charge in [0.2, 0.25) is 0 Å². The molecule has 0 saturated heterocycles. The van der Waals surface area contributed by atoms with Gasteiger partial charge in [0.25, 0.3) is 0 Å². The summed E-state index contributed by atoms with van der Waals surface area (Å²) < 4.78 is 1.76. The molecule has 0 radical (unpaired) electrons. The summed E-state index contributed by atoms with van der Waals surface area (Å²) in [6.45, 7) is 0. The first-order valence-corrected chi connectivity index (χ1v) is 5.43. The fourth-order valence-corrected chi connectivity index (χ4v) is 1.63. The van der Waals surface area contributed by atoms with Crippen molar-refractivity contribution < 1.29 is 0 Å². The van der Waals surface area contributed by atoms with E-state index in [9.17, 15) is 0 Å². The molecule has 1 aliphatic carbocycles. The zero-order chi connectivity index (χ0) is 11.0. The highest BCUT2D eigenvalue weighted by Gasteiger charge is 2.27. The fourth-order valence-electron chi connectivity index (χ4n) is 1.63. The zero-order valence-corrected chi connectivity index (χ0v) is 9.09. The van der Waals surface area contributed by atoms with Crippen molar-refractivity contribution in [2.24, 2.45) is 0 Å². The number of aromatic nitrogens is 4. The van der Waals surface area contributed by atoms with Crippen molar-refractivity contribution in [1.29, 1.82) is 0 Å². The summed E-state index contributed by atoms with van der Waals surface area (Å²) in [6.07, 6.45) is 6.04. The van der Waals surface area contributed by atoms with Crippen LogP contribution < -0.4 is 5.32 Å². The van der Waals surface area contributed by atoms with E-state index in [1.807, 2.05) is 25.4 Å². The Morgan fingerprint density at radius 1 is 1.38 bits per heavy atom. The Hall–Kier alpha value is -1.91. The van der Waals surface area contributed by atoms with E-state index in [4.69, 9.17) is 0 Å². The van der Waals surface area contributed by atoms with Gasteiger partial charge in [0.05, 0.1) is 0 Å². The molecule has 2 aromatic heterocycles. The van der Waals surface area contributed by atoms with Crippen LogP contribution >= 0.6 is 0 Å². The Morgan fingerprint density at radius 2 is 2.25 bits per heavy atom. The average molecular weight is 215 g/mol. The van der Waals surface area contributed by atoms with Gasteiger partial charge in [-0.3, -0.25) is 0 Å². The van der Waals surface area contributed by atoms with Gasteiger partial charge in [-0.15, -0.1) is 0 Å². The molecule has 0 aliphatic heterocycles. The molecule has 3 rings (SSSR count). The van der Waals surface area contributed by atoms with Crippen molar-refractivity contribution in [3.63, 3.8) is 0 Å². The molecule has 0 bridgehead atoms. The quantitative estimate of drug-likeness (QED) is 0.844. The van der Waals surface area contributed by atoms with Crippen LogP contribution in [0.15, 0.2) is 24.5 Å². The highest BCUT2D eigenvalue weighted by molar-refractivity contribution is 5.41. The molecule has 0 atom stereocenters. The van der Waals surface area contributed by atoms with Crippen molar-refractivity contribution in [3.05, 3.63) is 30.4 Å². The molecular weight excluding hydrogens is 202 g/mol. The van der Waals surface area contributed by atoms with Crippen molar-refractivity contribution in [2.45, 2.75) is 18.8 Å². The molecule has 5 nitrogen and oxygen atoms in total. The van der Waals surface area contributed by atoms with Crippen molar-refractivity contribution in [3.8, 4) is 5.82 Å². The van der Waals surface area contributed by atoms with Crippen LogP contribution in [-0.4, -0.2) is 26.8 Å². The summed E-state index contributed by atoms with van der Waals surface area (Å²) in [5.41, 5.74) is 0. The van der Waals surface area contributed by atoms with Gasteiger partial charge in [0.15, 0.2) is 5.82 Å². The van der Waals surface area contributed by atoms with E-state index >= 15 is 0 Å². The van der Waals surface area contributed by atoms with Gasteiger partial charge >= 0.3 is 0 Å². The molecule has 0 unspecified atom stereocenters. The van der Waals surface area contributed by atoms with Crippen LogP contribution in [0.1, 0.15) is 24.6 Å². The van der Waals surface area contributed by atoms with Gasteiger partial charge < -0.3 is 5.32 Å². The highest BCUT2D eigenvalue weighted by atomic mass is 15.3. The van der Waals surface area contributed by atoms with E-state index in [0.29, 0.717) is 5.92 Å². The van der Waals surface area contributed by atoms with Gasteiger partial charge in [-0.1, -0.05) is 0 Å². The summed E-state index contributed by atoms with van der Waals surface area (Å²) in [5.74, 6) is 3.15. The maximum atomic E-state index is 4.54. The monoisotopic (exact) mass is 215 g/mol. The van der Waals surface area contributed by atoms with Crippen LogP contribution in [0.3, 0.4) is 0 Å². The van der Waals surface area contributed by atoms with E-state index in [2.05, 4.69) is 20.4 Å². The normalized spacial score (nSPS) is 15.1. The molecule has 1 fully saturated rings. The fraction of sp³-hybridized carbons (Fsp3) is 0.364. The molecule has 1 aliphatic rings. The number of anilines is 1. The van der Waals surface area contributed by atoms with Crippen molar-refractivity contribution in [1.82, 2.24) is 19.7 Å². The standard InChI is InChI=1S/C11H13N5/c1-12-9-7-10(16-6-2-5-13-16)15-11(14-9)8-3-4-8/h2,5-8H,3-4H2,1H3,(H,12,14,15). The smallest absolute Gasteiger partial charge is 0.159 e. The topological polar surface area (TPSA) is 55.6 Å². The predicted octanol–water partition coefficient (Wildman–Crippen LogP) is 1.58. The minimum Gasteiger partial charge on any atom is -0.373 e. The molecule has 16 heavy (non-hydrogen) atoms. The van der Waals surface area contributed by atoms with E-state index in [-0.39, 0.29) is 0 Å². The average Bonchev–Trinajstić information content (AvgIpc) is 3.04. The lowest BCUT2D eigenvalue weighted by Crippen LogP contribution is -2.05. The first kappa shape index (κ1) is 9.33. The second-order valence-electron chi connectivity index (χ2n) is 3.94. The maximum Gasteiger partial charge on any atom is 0.159 e. The van der Waals surface area contributed by atoms with Crippen LogP contribution in [-0.2, 0) is 0 Å². The molecule has 2 aromatic rings. The maximum absolute atomic E-state index is 4.54. The number of rotatable bonds is 3. The lowest BCUT2D eigenvalue weighted by atomic mass is 10.4. The Labute approximate surface area is 93.5 Å². The Bertz CT molecular complexity index is 487. The van der Waals surface area contributed by atoms with E-state index in [1.165, 1.54) is 12.8 Å². The lowest BCUT2D eigenvalue weighted by molar-refractivity contribution is 0.811. The molecule has 82 valence electrons. The Kier molecular flexibility index (Phi) is 2.09. The van der Waals surface area contributed by atoms with Crippen LogP contribution in [0.5, 0.6) is 0 Å². The minimum absolute atomic E-state index is 0.544. The highest BCUT2D eigenvalue weighted by Crippen LogP contribution is 2.38.